The molecule has 2 atom stereocenters. The number of rotatable bonds is 4. The summed E-state index contributed by atoms with van der Waals surface area (Å²) in [5.41, 5.74) is 0.899. The van der Waals surface area contributed by atoms with Gasteiger partial charge in [0.15, 0.2) is 0 Å². The van der Waals surface area contributed by atoms with Crippen molar-refractivity contribution in [3.8, 4) is 0 Å². The van der Waals surface area contributed by atoms with E-state index in [4.69, 9.17) is 0 Å². The van der Waals surface area contributed by atoms with Crippen LogP contribution in [0.4, 0.5) is 5.69 Å². The van der Waals surface area contributed by atoms with Gasteiger partial charge >= 0.3 is 0 Å². The number of benzene rings is 2. The molecular formula is C20H23N3O2. The molecule has 2 saturated heterocycles. The Morgan fingerprint density at radius 3 is 2.88 bits per heavy atom. The number of hydrogen-bond acceptors (Lipinski definition) is 3. The molecule has 2 aromatic rings. The Kier molecular flexibility index (Phi) is 4.40. The molecule has 2 aromatic carbocycles. The van der Waals surface area contributed by atoms with Gasteiger partial charge in [-0.05, 0) is 30.8 Å². The largest absolute Gasteiger partial charge is 0.354 e. The smallest absolute Gasteiger partial charge is 0.227 e. The van der Waals surface area contributed by atoms with E-state index in [0.29, 0.717) is 19.1 Å². The summed E-state index contributed by atoms with van der Waals surface area (Å²) in [5, 5.41) is 8.55. The fraction of sp³-hybridized carbons (Fsp3) is 0.400. The zero-order valence-electron chi connectivity index (χ0n) is 14.2. The fourth-order valence-electron chi connectivity index (χ4n) is 3.86. The van der Waals surface area contributed by atoms with Crippen molar-refractivity contribution in [2.45, 2.75) is 25.3 Å². The molecule has 0 bridgehead atoms. The molecule has 5 nitrogen and oxygen atoms in total. The summed E-state index contributed by atoms with van der Waals surface area (Å²) in [6, 6.07) is 14.4. The first kappa shape index (κ1) is 16.1. The van der Waals surface area contributed by atoms with Crippen molar-refractivity contribution >= 4 is 28.3 Å². The second-order valence-corrected chi connectivity index (χ2v) is 6.94. The highest BCUT2D eigenvalue weighted by molar-refractivity contribution is 6.06. The number of amides is 2. The predicted molar refractivity (Wildman–Crippen MR) is 98.4 cm³/mol. The van der Waals surface area contributed by atoms with E-state index in [0.717, 1.165) is 35.8 Å². The molecule has 130 valence electrons. The van der Waals surface area contributed by atoms with E-state index in [1.807, 2.05) is 42.5 Å². The molecule has 0 aromatic heterocycles. The topological polar surface area (TPSA) is 61.4 Å². The van der Waals surface area contributed by atoms with Crippen LogP contribution in [0.1, 0.15) is 19.3 Å². The van der Waals surface area contributed by atoms with Gasteiger partial charge in [0.25, 0.3) is 0 Å². The first-order valence-corrected chi connectivity index (χ1v) is 9.01. The molecule has 0 saturated carbocycles. The Balaban J connectivity index is 1.47. The molecule has 2 aliphatic heterocycles. The van der Waals surface area contributed by atoms with Crippen LogP contribution in [-0.4, -0.2) is 37.5 Å². The highest BCUT2D eigenvalue weighted by atomic mass is 16.2. The Morgan fingerprint density at radius 1 is 1.20 bits per heavy atom. The predicted octanol–water partition coefficient (Wildman–Crippen LogP) is 2.06. The highest BCUT2D eigenvalue weighted by Crippen LogP contribution is 2.31. The van der Waals surface area contributed by atoms with Crippen molar-refractivity contribution in [2.24, 2.45) is 5.92 Å². The maximum absolute atomic E-state index is 12.5. The van der Waals surface area contributed by atoms with Gasteiger partial charge < -0.3 is 15.5 Å². The van der Waals surface area contributed by atoms with Crippen LogP contribution in [0.3, 0.4) is 0 Å². The van der Waals surface area contributed by atoms with E-state index in [-0.39, 0.29) is 24.2 Å². The van der Waals surface area contributed by atoms with Crippen molar-refractivity contribution in [1.82, 2.24) is 10.6 Å². The maximum atomic E-state index is 12.5. The minimum absolute atomic E-state index is 0.00946. The number of fused-ring (bicyclic) bond motifs is 1. The van der Waals surface area contributed by atoms with Gasteiger partial charge in [-0.15, -0.1) is 0 Å². The molecule has 2 aliphatic rings. The standard InChI is InChI=1S/C20H23N3O2/c24-19-11-15(20(25)22-12-16-7-4-10-21-16)13-23(19)18-9-3-6-14-5-1-2-8-17(14)18/h1-3,5-6,8-9,15-16,21H,4,7,10-13H2,(H,22,25). The lowest BCUT2D eigenvalue weighted by atomic mass is 10.1. The lowest BCUT2D eigenvalue weighted by Gasteiger charge is -2.19. The summed E-state index contributed by atoms with van der Waals surface area (Å²) in [6.45, 7) is 2.13. The van der Waals surface area contributed by atoms with Crippen LogP contribution in [0.2, 0.25) is 0 Å². The van der Waals surface area contributed by atoms with E-state index in [9.17, 15) is 9.59 Å². The van der Waals surface area contributed by atoms with Gasteiger partial charge in [-0.2, -0.15) is 0 Å². The quantitative estimate of drug-likeness (QED) is 0.898. The van der Waals surface area contributed by atoms with Crippen molar-refractivity contribution in [1.29, 1.82) is 0 Å². The molecule has 25 heavy (non-hydrogen) atoms. The second-order valence-electron chi connectivity index (χ2n) is 6.94. The van der Waals surface area contributed by atoms with Crippen molar-refractivity contribution < 1.29 is 9.59 Å². The SMILES string of the molecule is O=C(NCC1CCCN1)C1CC(=O)N(c2cccc3ccccc23)C1. The molecule has 2 heterocycles. The molecule has 2 fully saturated rings. The molecule has 4 rings (SSSR count). The Morgan fingerprint density at radius 2 is 2.04 bits per heavy atom. The van der Waals surface area contributed by atoms with Crippen LogP contribution in [0.25, 0.3) is 10.8 Å². The van der Waals surface area contributed by atoms with Crippen LogP contribution in [0.5, 0.6) is 0 Å². The molecule has 2 N–H and O–H groups in total. The Labute approximate surface area is 147 Å². The third kappa shape index (κ3) is 3.24. The average Bonchev–Trinajstić information content (AvgIpc) is 3.29. The zero-order chi connectivity index (χ0) is 17.2. The third-order valence-corrected chi connectivity index (χ3v) is 5.24. The van der Waals surface area contributed by atoms with Crippen molar-refractivity contribution in [2.75, 3.05) is 24.5 Å². The summed E-state index contributed by atoms with van der Waals surface area (Å²) in [6.07, 6.45) is 2.55. The lowest BCUT2D eigenvalue weighted by Crippen LogP contribution is -2.40. The molecule has 2 amide bonds. The number of nitrogens with one attached hydrogen (secondary N) is 2. The third-order valence-electron chi connectivity index (χ3n) is 5.24. The molecule has 0 aliphatic carbocycles. The molecular weight excluding hydrogens is 314 g/mol. The van der Waals surface area contributed by atoms with E-state index in [1.165, 1.54) is 0 Å². The van der Waals surface area contributed by atoms with Crippen LogP contribution in [-0.2, 0) is 9.59 Å². The Bertz CT molecular complexity index is 793. The minimum atomic E-state index is -0.270. The van der Waals surface area contributed by atoms with Gasteiger partial charge in [0.1, 0.15) is 0 Å². The van der Waals surface area contributed by atoms with Gasteiger partial charge in [-0.25, -0.2) is 0 Å². The van der Waals surface area contributed by atoms with Gasteiger partial charge in [0, 0.05) is 30.9 Å². The van der Waals surface area contributed by atoms with Gasteiger partial charge in [-0.1, -0.05) is 36.4 Å². The number of carbonyl (C=O) groups is 2. The normalized spacial score (nSPS) is 23.4. The first-order valence-electron chi connectivity index (χ1n) is 9.01. The number of hydrogen-bond donors (Lipinski definition) is 2. The summed E-state index contributed by atoms with van der Waals surface area (Å²) < 4.78 is 0. The van der Waals surface area contributed by atoms with Gasteiger partial charge in [0.2, 0.25) is 11.8 Å². The van der Waals surface area contributed by atoms with Crippen LogP contribution in [0.15, 0.2) is 42.5 Å². The molecule has 5 heteroatoms. The van der Waals surface area contributed by atoms with Crippen molar-refractivity contribution in [3.63, 3.8) is 0 Å². The summed E-state index contributed by atoms with van der Waals surface area (Å²) in [4.78, 5) is 26.8. The summed E-state index contributed by atoms with van der Waals surface area (Å²) in [5.74, 6) is -0.256. The van der Waals surface area contributed by atoms with E-state index >= 15 is 0 Å². The number of carbonyl (C=O) groups excluding carboxylic acids is 2. The number of nitrogens with zero attached hydrogens (tertiary/aromatic N) is 1. The van der Waals surface area contributed by atoms with E-state index < -0.39 is 0 Å². The molecule has 0 spiro atoms. The van der Waals surface area contributed by atoms with Crippen LogP contribution < -0.4 is 15.5 Å². The second kappa shape index (κ2) is 6.84. The monoisotopic (exact) mass is 337 g/mol. The van der Waals surface area contributed by atoms with E-state index in [1.54, 1.807) is 4.90 Å². The van der Waals surface area contributed by atoms with E-state index in [2.05, 4.69) is 10.6 Å². The summed E-state index contributed by atoms with van der Waals surface area (Å²) in [7, 11) is 0. The average molecular weight is 337 g/mol. The Hall–Kier alpha value is -2.40. The highest BCUT2D eigenvalue weighted by Gasteiger charge is 2.35. The summed E-state index contributed by atoms with van der Waals surface area (Å²) >= 11 is 0. The van der Waals surface area contributed by atoms with Crippen molar-refractivity contribution in [3.05, 3.63) is 42.5 Å². The van der Waals surface area contributed by atoms with Crippen LogP contribution >= 0.6 is 0 Å². The first-order chi connectivity index (χ1) is 12.2. The maximum Gasteiger partial charge on any atom is 0.227 e. The lowest BCUT2D eigenvalue weighted by molar-refractivity contribution is -0.126. The fourth-order valence-corrected chi connectivity index (χ4v) is 3.86. The number of anilines is 1. The minimum Gasteiger partial charge on any atom is -0.354 e. The zero-order valence-corrected chi connectivity index (χ0v) is 14.2. The molecule has 2 unspecified atom stereocenters. The van der Waals surface area contributed by atoms with Crippen LogP contribution in [0, 0.1) is 5.92 Å². The van der Waals surface area contributed by atoms with Gasteiger partial charge in [0.05, 0.1) is 11.6 Å². The molecule has 0 radical (unpaired) electrons. The van der Waals surface area contributed by atoms with Gasteiger partial charge in [-0.3, -0.25) is 9.59 Å².